The third kappa shape index (κ3) is 1.99. The van der Waals surface area contributed by atoms with Crippen molar-refractivity contribution in [2.24, 2.45) is 5.73 Å². The molecular formula is C3H7NO2Si. The lowest BCUT2D eigenvalue weighted by atomic mass is 10.6. The van der Waals surface area contributed by atoms with Crippen molar-refractivity contribution in [3.8, 4) is 0 Å². The molecule has 0 saturated heterocycles. The van der Waals surface area contributed by atoms with Crippen molar-refractivity contribution in [1.82, 2.24) is 0 Å². The number of amides is 1. The molecule has 2 N–H and O–H groups in total. The van der Waals surface area contributed by atoms with Gasteiger partial charge in [-0.25, -0.2) is 0 Å². The van der Waals surface area contributed by atoms with E-state index in [9.17, 15) is 4.79 Å². The molecule has 0 heterocycles. The molecule has 0 aliphatic carbocycles. The molecule has 0 aliphatic heterocycles. The van der Waals surface area contributed by atoms with Gasteiger partial charge < -0.3 is 10.2 Å². The summed E-state index contributed by atoms with van der Waals surface area (Å²) in [7, 11) is 0.470. The van der Waals surface area contributed by atoms with Gasteiger partial charge >= 0.3 is 0 Å². The third-order valence-electron chi connectivity index (χ3n) is 0.521. The molecule has 0 aromatic heterocycles. The van der Waals surface area contributed by atoms with Crippen LogP contribution in [-0.2, 0) is 9.22 Å². The van der Waals surface area contributed by atoms with E-state index in [-0.39, 0.29) is 5.76 Å². The van der Waals surface area contributed by atoms with E-state index in [0.717, 1.165) is 0 Å². The Kier molecular flexibility index (Phi) is 2.14. The van der Waals surface area contributed by atoms with E-state index in [1.807, 2.05) is 0 Å². The summed E-state index contributed by atoms with van der Waals surface area (Å²) in [6, 6.07) is 0. The molecule has 0 fully saturated rings. The highest BCUT2D eigenvalue weighted by Crippen LogP contribution is 1.82. The smallest absolute Gasteiger partial charge is 0.281 e. The number of hydrogen-bond acceptors (Lipinski definition) is 2. The Balaban J connectivity index is 3.58. The molecule has 7 heavy (non-hydrogen) atoms. The van der Waals surface area contributed by atoms with Crippen molar-refractivity contribution in [3.63, 3.8) is 0 Å². The van der Waals surface area contributed by atoms with Crippen molar-refractivity contribution >= 4 is 16.4 Å². The topological polar surface area (TPSA) is 52.3 Å². The van der Waals surface area contributed by atoms with E-state index in [2.05, 4.69) is 11.0 Å². The first kappa shape index (κ1) is 6.23. The minimum atomic E-state index is -0.588. The molecule has 0 aliphatic rings. The zero-order valence-corrected chi connectivity index (χ0v) is 6.10. The number of carbonyl (C=O) groups excluding carboxylic acids is 1. The zero-order chi connectivity index (χ0) is 5.86. The van der Waals surface area contributed by atoms with Crippen LogP contribution in [0.15, 0.2) is 12.3 Å². The van der Waals surface area contributed by atoms with Gasteiger partial charge in [0.2, 0.25) is 10.5 Å². The summed E-state index contributed by atoms with van der Waals surface area (Å²) >= 11 is 0. The number of hydrogen-bond donors (Lipinski definition) is 1. The largest absolute Gasteiger partial charge is 0.550 e. The standard InChI is InChI=1S/C3H7NO2Si/c1-2(6-7)3(4)5/h1H2,7H3,(H2,4,5). The molecule has 0 unspecified atom stereocenters. The molecule has 0 atom stereocenters. The average Bonchev–Trinajstić information content (AvgIpc) is 1.65. The van der Waals surface area contributed by atoms with E-state index in [4.69, 9.17) is 5.73 Å². The predicted molar refractivity (Wildman–Crippen MR) is 29.4 cm³/mol. The SMILES string of the molecule is C=C(O[SiH3])C(N)=O. The maximum absolute atomic E-state index is 9.95. The van der Waals surface area contributed by atoms with Gasteiger partial charge in [-0.1, -0.05) is 6.58 Å². The summed E-state index contributed by atoms with van der Waals surface area (Å²) in [5.74, 6) is -0.540. The highest BCUT2D eigenvalue weighted by molar-refractivity contribution is 6.03. The predicted octanol–water partition coefficient (Wildman–Crippen LogP) is -1.72. The van der Waals surface area contributed by atoms with E-state index < -0.39 is 5.91 Å². The van der Waals surface area contributed by atoms with Crippen molar-refractivity contribution in [1.29, 1.82) is 0 Å². The Morgan fingerprint density at radius 3 is 2.29 bits per heavy atom. The van der Waals surface area contributed by atoms with Gasteiger partial charge in [0.15, 0.2) is 5.76 Å². The lowest BCUT2D eigenvalue weighted by Crippen LogP contribution is -2.14. The fourth-order valence-electron chi connectivity index (χ4n) is 0.101. The molecule has 3 nitrogen and oxygen atoms in total. The van der Waals surface area contributed by atoms with Crippen molar-refractivity contribution < 1.29 is 9.22 Å². The fourth-order valence-corrected chi connectivity index (χ4v) is 0.302. The minimum Gasteiger partial charge on any atom is -0.550 e. The Bertz CT molecular complexity index is 101. The summed E-state index contributed by atoms with van der Waals surface area (Å²) in [5.41, 5.74) is 4.71. The Morgan fingerprint density at radius 2 is 2.29 bits per heavy atom. The van der Waals surface area contributed by atoms with Crippen LogP contribution in [-0.4, -0.2) is 16.4 Å². The zero-order valence-electron chi connectivity index (χ0n) is 4.10. The molecule has 1 amide bonds. The van der Waals surface area contributed by atoms with Crippen LogP contribution in [0.5, 0.6) is 0 Å². The average molecular weight is 117 g/mol. The van der Waals surface area contributed by atoms with Crippen LogP contribution in [0, 0.1) is 0 Å². The first-order chi connectivity index (χ1) is 3.18. The molecule has 0 aromatic rings. The number of rotatable bonds is 2. The van der Waals surface area contributed by atoms with Crippen LogP contribution in [0.3, 0.4) is 0 Å². The van der Waals surface area contributed by atoms with Crippen LogP contribution >= 0.6 is 0 Å². The molecule has 0 aromatic carbocycles. The summed E-state index contributed by atoms with van der Waals surface area (Å²) < 4.78 is 4.48. The second-order valence-electron chi connectivity index (χ2n) is 0.992. The molecule has 0 radical (unpaired) electrons. The number of carbonyl (C=O) groups is 1. The summed E-state index contributed by atoms with van der Waals surface area (Å²) in [6.45, 7) is 3.21. The Hall–Kier alpha value is -0.773. The number of nitrogens with two attached hydrogens (primary N) is 1. The minimum absolute atomic E-state index is 0.0478. The molecule has 4 heteroatoms. The maximum atomic E-state index is 9.95. The van der Waals surface area contributed by atoms with Gasteiger partial charge in [-0.05, 0) is 0 Å². The van der Waals surface area contributed by atoms with Gasteiger partial charge in [-0.3, -0.25) is 4.79 Å². The van der Waals surface area contributed by atoms with Gasteiger partial charge in [0.25, 0.3) is 5.91 Å². The van der Waals surface area contributed by atoms with E-state index in [1.54, 1.807) is 0 Å². The molecular weight excluding hydrogens is 110 g/mol. The normalized spacial score (nSPS) is 8.00. The van der Waals surface area contributed by atoms with Crippen LogP contribution < -0.4 is 5.73 Å². The third-order valence-corrected chi connectivity index (χ3v) is 1.01. The van der Waals surface area contributed by atoms with Gasteiger partial charge in [-0.2, -0.15) is 0 Å². The Morgan fingerprint density at radius 1 is 1.86 bits per heavy atom. The quantitative estimate of drug-likeness (QED) is 0.266. The van der Waals surface area contributed by atoms with Crippen LogP contribution in [0.4, 0.5) is 0 Å². The lowest BCUT2D eigenvalue weighted by molar-refractivity contribution is -0.116. The van der Waals surface area contributed by atoms with E-state index >= 15 is 0 Å². The highest BCUT2D eigenvalue weighted by atomic mass is 28.2. The Labute approximate surface area is 44.7 Å². The molecule has 40 valence electrons. The van der Waals surface area contributed by atoms with Gasteiger partial charge in [0.05, 0.1) is 0 Å². The van der Waals surface area contributed by atoms with Crippen molar-refractivity contribution in [2.75, 3.05) is 0 Å². The van der Waals surface area contributed by atoms with Crippen LogP contribution in [0.1, 0.15) is 0 Å². The summed E-state index contributed by atoms with van der Waals surface area (Å²) in [4.78, 5) is 9.95. The molecule has 0 rings (SSSR count). The van der Waals surface area contributed by atoms with Gasteiger partial charge in [0.1, 0.15) is 0 Å². The van der Waals surface area contributed by atoms with Crippen LogP contribution in [0.25, 0.3) is 0 Å². The second-order valence-corrected chi connectivity index (χ2v) is 1.40. The molecule has 0 bridgehead atoms. The van der Waals surface area contributed by atoms with Crippen LogP contribution in [0.2, 0.25) is 0 Å². The second kappa shape index (κ2) is 2.41. The lowest BCUT2D eigenvalue weighted by Gasteiger charge is -1.95. The highest BCUT2D eigenvalue weighted by Gasteiger charge is 1.94. The summed E-state index contributed by atoms with van der Waals surface area (Å²) in [6.07, 6.45) is 0. The van der Waals surface area contributed by atoms with Crippen molar-refractivity contribution in [3.05, 3.63) is 12.3 Å². The fraction of sp³-hybridized carbons (Fsp3) is 0. The number of primary amides is 1. The van der Waals surface area contributed by atoms with E-state index in [0.29, 0.717) is 10.5 Å². The first-order valence-electron chi connectivity index (χ1n) is 1.71. The maximum Gasteiger partial charge on any atom is 0.281 e. The van der Waals surface area contributed by atoms with Gasteiger partial charge in [0, 0.05) is 0 Å². The molecule has 0 spiro atoms. The van der Waals surface area contributed by atoms with E-state index in [1.165, 1.54) is 0 Å². The summed E-state index contributed by atoms with van der Waals surface area (Å²) in [5, 5.41) is 0. The first-order valence-corrected chi connectivity index (χ1v) is 2.53. The monoisotopic (exact) mass is 117 g/mol. The van der Waals surface area contributed by atoms with Crippen molar-refractivity contribution in [2.45, 2.75) is 0 Å². The molecule has 0 saturated carbocycles. The van der Waals surface area contributed by atoms with Gasteiger partial charge in [-0.15, -0.1) is 0 Å².